The van der Waals surface area contributed by atoms with Crippen molar-refractivity contribution in [1.82, 2.24) is 0 Å². The molecular weight excluding hydrogens is 284 g/mol. The van der Waals surface area contributed by atoms with Gasteiger partial charge in [0.1, 0.15) is 5.78 Å². The summed E-state index contributed by atoms with van der Waals surface area (Å²) in [5.74, 6) is 1.70. The molecule has 0 radical (unpaired) electrons. The van der Waals surface area contributed by atoms with Crippen LogP contribution in [0.5, 0.6) is 0 Å². The third-order valence-corrected chi connectivity index (χ3v) is 11.8. The lowest BCUT2D eigenvalue weighted by Crippen LogP contribution is -2.50. The zero-order valence-electron chi connectivity index (χ0n) is 14.0. The van der Waals surface area contributed by atoms with Gasteiger partial charge in [-0.25, -0.2) is 0 Å². The maximum Gasteiger partial charge on any atom is 0.136 e. The van der Waals surface area contributed by atoms with Gasteiger partial charge in [0.15, 0.2) is 0 Å². The molecule has 0 aromatic heterocycles. The highest BCUT2D eigenvalue weighted by atomic mass is 28.3. The molecule has 3 rings (SSSR count). The second kappa shape index (κ2) is 7.12. The van der Waals surface area contributed by atoms with Gasteiger partial charge < -0.3 is 0 Å². The first-order valence-corrected chi connectivity index (χ1v) is 12.0. The van der Waals surface area contributed by atoms with Crippen LogP contribution in [-0.4, -0.2) is 13.9 Å². The van der Waals surface area contributed by atoms with Crippen LogP contribution in [0.15, 0.2) is 30.3 Å². The monoisotopic (exact) mass is 314 g/mol. The van der Waals surface area contributed by atoms with Crippen molar-refractivity contribution in [3.8, 4) is 0 Å². The molecule has 1 aliphatic heterocycles. The number of hydrogen-bond acceptors (Lipinski definition) is 1. The number of carbonyl (C=O) groups excluding carboxylic acids is 1. The number of carbonyl (C=O) groups is 1. The molecule has 0 bridgehead atoms. The third kappa shape index (κ3) is 3.22. The molecule has 1 aromatic carbocycles. The summed E-state index contributed by atoms with van der Waals surface area (Å²) in [6, 6.07) is 15.6. The highest BCUT2D eigenvalue weighted by Gasteiger charge is 2.41. The van der Waals surface area contributed by atoms with Crippen molar-refractivity contribution in [3.05, 3.63) is 30.3 Å². The van der Waals surface area contributed by atoms with Crippen LogP contribution in [0.2, 0.25) is 18.1 Å². The van der Waals surface area contributed by atoms with Crippen molar-refractivity contribution >= 4 is 19.0 Å². The van der Waals surface area contributed by atoms with Gasteiger partial charge in [0, 0.05) is 12.3 Å². The van der Waals surface area contributed by atoms with Gasteiger partial charge in [0.05, 0.1) is 8.07 Å². The first kappa shape index (κ1) is 16.0. The molecule has 1 nitrogen and oxygen atoms in total. The molecule has 0 amide bonds. The second-order valence-corrected chi connectivity index (χ2v) is 12.2. The fourth-order valence-corrected chi connectivity index (χ4v) is 10.4. The van der Waals surface area contributed by atoms with E-state index in [4.69, 9.17) is 0 Å². The van der Waals surface area contributed by atoms with E-state index in [-0.39, 0.29) is 0 Å². The predicted molar refractivity (Wildman–Crippen MR) is 96.2 cm³/mol. The summed E-state index contributed by atoms with van der Waals surface area (Å²) < 4.78 is 0. The summed E-state index contributed by atoms with van der Waals surface area (Å²) in [5, 5.41) is 1.67. The first-order chi connectivity index (χ1) is 10.7. The van der Waals surface area contributed by atoms with Gasteiger partial charge >= 0.3 is 0 Å². The number of Topliss-reactive ketones (excluding diaryl/α,β-unsaturated/α-hetero) is 1. The fourth-order valence-electron chi connectivity index (χ4n) is 5.06. The number of benzene rings is 1. The zero-order chi connectivity index (χ0) is 15.4. The van der Waals surface area contributed by atoms with Gasteiger partial charge in [-0.1, -0.05) is 86.3 Å². The van der Waals surface area contributed by atoms with E-state index in [1.54, 1.807) is 5.19 Å². The molecule has 1 saturated heterocycles. The molecule has 2 heteroatoms. The molecule has 22 heavy (non-hydrogen) atoms. The summed E-state index contributed by atoms with van der Waals surface area (Å²) in [6.45, 7) is 2.34. The van der Waals surface area contributed by atoms with Crippen molar-refractivity contribution in [1.29, 1.82) is 0 Å². The quantitative estimate of drug-likeness (QED) is 0.721. The van der Waals surface area contributed by atoms with Gasteiger partial charge in [0.2, 0.25) is 0 Å². The molecule has 0 spiro atoms. The zero-order valence-corrected chi connectivity index (χ0v) is 15.0. The van der Waals surface area contributed by atoms with Gasteiger partial charge in [-0.2, -0.15) is 0 Å². The summed E-state index contributed by atoms with van der Waals surface area (Å²) >= 11 is 0. The van der Waals surface area contributed by atoms with E-state index in [0.29, 0.717) is 17.6 Å². The second-order valence-electron chi connectivity index (χ2n) is 7.55. The summed E-state index contributed by atoms with van der Waals surface area (Å²) in [4.78, 5) is 12.3. The fraction of sp³-hybridized carbons (Fsp3) is 0.650. The maximum atomic E-state index is 12.3. The molecule has 0 N–H and O–H groups in total. The van der Waals surface area contributed by atoms with Gasteiger partial charge in [-0.05, 0) is 18.8 Å². The Morgan fingerprint density at radius 2 is 1.77 bits per heavy atom. The number of rotatable bonds is 4. The molecule has 120 valence electrons. The van der Waals surface area contributed by atoms with Crippen LogP contribution >= 0.6 is 0 Å². The molecule has 1 aromatic rings. The topological polar surface area (TPSA) is 17.1 Å². The van der Waals surface area contributed by atoms with Crippen molar-refractivity contribution in [2.45, 2.75) is 70.0 Å². The van der Waals surface area contributed by atoms with Gasteiger partial charge in [-0.15, -0.1) is 0 Å². The molecule has 1 saturated carbocycles. The van der Waals surface area contributed by atoms with E-state index in [1.807, 2.05) is 0 Å². The minimum Gasteiger partial charge on any atom is -0.299 e. The van der Waals surface area contributed by atoms with Crippen molar-refractivity contribution in [3.63, 3.8) is 0 Å². The van der Waals surface area contributed by atoms with Crippen molar-refractivity contribution in [2.24, 2.45) is 11.8 Å². The molecule has 1 aliphatic carbocycles. The Morgan fingerprint density at radius 1 is 1.05 bits per heavy atom. The average Bonchev–Trinajstić information content (AvgIpc) is 2.57. The molecule has 1 atom stereocenters. The van der Waals surface area contributed by atoms with Gasteiger partial charge in [-0.3, -0.25) is 4.79 Å². The lowest BCUT2D eigenvalue weighted by Gasteiger charge is -2.42. The summed E-state index contributed by atoms with van der Waals surface area (Å²) in [6.07, 6.45) is 8.40. The Kier molecular flexibility index (Phi) is 5.17. The highest BCUT2D eigenvalue weighted by Crippen LogP contribution is 2.42. The van der Waals surface area contributed by atoms with Crippen LogP contribution in [0.4, 0.5) is 0 Å². The minimum atomic E-state index is -1.30. The average molecular weight is 315 g/mol. The van der Waals surface area contributed by atoms with Crippen LogP contribution in [-0.2, 0) is 4.79 Å². The maximum absolute atomic E-state index is 12.3. The standard InChI is InChI=1S/C20H30OSi/c1-2-14-22(18-8-4-3-5-9-18)15-12-17(13-16-22)19-10-6-7-11-20(19)21/h3-5,8-9,17,19H,2,6-7,10-16H2,1H3. The van der Waals surface area contributed by atoms with E-state index in [0.717, 1.165) is 12.8 Å². The van der Waals surface area contributed by atoms with E-state index in [9.17, 15) is 4.79 Å². The molecule has 1 unspecified atom stereocenters. The van der Waals surface area contributed by atoms with Crippen LogP contribution in [0.1, 0.15) is 51.9 Å². The highest BCUT2D eigenvalue weighted by molar-refractivity contribution is 6.92. The van der Waals surface area contributed by atoms with Crippen molar-refractivity contribution < 1.29 is 4.79 Å². The largest absolute Gasteiger partial charge is 0.299 e. The Hall–Kier alpha value is -0.893. The molecular formula is C20H30OSi. The Balaban J connectivity index is 1.71. The van der Waals surface area contributed by atoms with Gasteiger partial charge in [0.25, 0.3) is 0 Å². The Morgan fingerprint density at radius 3 is 2.41 bits per heavy atom. The summed E-state index contributed by atoms with van der Waals surface area (Å²) in [7, 11) is -1.30. The van der Waals surface area contributed by atoms with Crippen LogP contribution in [0.25, 0.3) is 0 Å². The predicted octanol–water partition coefficient (Wildman–Crippen LogP) is 4.92. The lowest BCUT2D eigenvalue weighted by atomic mass is 9.76. The van der Waals surface area contributed by atoms with Crippen LogP contribution in [0, 0.1) is 11.8 Å². The molecule has 1 heterocycles. The Bertz CT molecular complexity index is 488. The Labute approximate surface area is 136 Å². The van der Waals surface area contributed by atoms with E-state index in [2.05, 4.69) is 37.3 Å². The summed E-state index contributed by atoms with van der Waals surface area (Å²) in [5.41, 5.74) is 0. The number of hydrogen-bond donors (Lipinski definition) is 0. The van der Waals surface area contributed by atoms with Crippen molar-refractivity contribution in [2.75, 3.05) is 0 Å². The minimum absolute atomic E-state index is 0.415. The van der Waals surface area contributed by atoms with Crippen LogP contribution < -0.4 is 5.19 Å². The van der Waals surface area contributed by atoms with E-state index in [1.165, 1.54) is 50.2 Å². The van der Waals surface area contributed by atoms with E-state index < -0.39 is 8.07 Å². The SMILES string of the molecule is CCC[Si]1(c2ccccc2)CCC(C2CCCCC2=O)CC1. The first-order valence-electron chi connectivity index (χ1n) is 9.33. The van der Waals surface area contributed by atoms with E-state index >= 15 is 0 Å². The normalized spacial score (nSPS) is 32.9. The molecule has 2 aliphatic rings. The number of ketones is 1. The lowest BCUT2D eigenvalue weighted by molar-refractivity contribution is -0.126. The smallest absolute Gasteiger partial charge is 0.136 e. The third-order valence-electron chi connectivity index (χ3n) is 6.27. The van der Waals surface area contributed by atoms with Crippen LogP contribution in [0.3, 0.4) is 0 Å². The molecule has 2 fully saturated rings.